The summed E-state index contributed by atoms with van der Waals surface area (Å²) in [7, 11) is 4.29. The largest absolute Gasteiger partial charge is 0.302 e. The van der Waals surface area contributed by atoms with E-state index in [1.54, 1.807) is 0 Å². The number of likely N-dealkylation sites (tertiary alicyclic amines) is 1. The number of nitrogens with zero attached hydrogens (tertiary/aromatic N) is 4. The SMILES string of the molecule is Cc1nn(C)c2cnc([C@]34CCCC[C@H]3N(C)CC4)cc12. The highest BCUT2D eigenvalue weighted by Gasteiger charge is 2.49. The summed E-state index contributed by atoms with van der Waals surface area (Å²) < 4.78 is 1.94. The Morgan fingerprint density at radius 3 is 2.95 bits per heavy atom. The number of aryl methyl sites for hydroxylation is 2. The van der Waals surface area contributed by atoms with Crippen LogP contribution in [0.3, 0.4) is 0 Å². The molecule has 0 unspecified atom stereocenters. The van der Waals surface area contributed by atoms with Gasteiger partial charge in [0, 0.05) is 29.6 Å². The Bertz CT molecular complexity index is 685. The van der Waals surface area contributed by atoms with Gasteiger partial charge >= 0.3 is 0 Å². The molecule has 1 saturated carbocycles. The molecule has 1 aliphatic heterocycles. The van der Waals surface area contributed by atoms with Gasteiger partial charge < -0.3 is 4.90 Å². The van der Waals surface area contributed by atoms with Crippen LogP contribution in [0.4, 0.5) is 0 Å². The fourth-order valence-corrected chi connectivity index (χ4v) is 4.71. The molecule has 0 N–H and O–H groups in total. The zero-order valence-electron chi connectivity index (χ0n) is 13.3. The Morgan fingerprint density at radius 2 is 2.10 bits per heavy atom. The molecule has 2 aromatic rings. The molecule has 2 atom stereocenters. The van der Waals surface area contributed by atoms with Gasteiger partial charge in [-0.3, -0.25) is 9.67 Å². The van der Waals surface area contributed by atoms with Gasteiger partial charge in [-0.1, -0.05) is 12.8 Å². The van der Waals surface area contributed by atoms with Crippen molar-refractivity contribution in [3.63, 3.8) is 0 Å². The van der Waals surface area contributed by atoms with Crippen LogP contribution < -0.4 is 0 Å². The zero-order chi connectivity index (χ0) is 14.6. The van der Waals surface area contributed by atoms with E-state index in [1.165, 1.54) is 49.7 Å². The molecule has 4 nitrogen and oxygen atoms in total. The molecule has 2 aromatic heterocycles. The van der Waals surface area contributed by atoms with Gasteiger partial charge in [0.15, 0.2) is 0 Å². The predicted octanol–water partition coefficient (Wildman–Crippen LogP) is 2.79. The maximum Gasteiger partial charge on any atom is 0.0865 e. The smallest absolute Gasteiger partial charge is 0.0865 e. The van der Waals surface area contributed by atoms with Crippen molar-refractivity contribution < 1.29 is 0 Å². The topological polar surface area (TPSA) is 34.0 Å². The van der Waals surface area contributed by atoms with Crippen molar-refractivity contribution in [3.05, 3.63) is 23.7 Å². The highest BCUT2D eigenvalue weighted by atomic mass is 15.3. The third-order valence-electron chi connectivity index (χ3n) is 5.86. The molecule has 0 aromatic carbocycles. The quantitative estimate of drug-likeness (QED) is 0.807. The molecular formula is C17H24N4. The summed E-state index contributed by atoms with van der Waals surface area (Å²) in [5.41, 5.74) is 3.85. The fourth-order valence-electron chi connectivity index (χ4n) is 4.71. The molecule has 0 radical (unpaired) electrons. The van der Waals surface area contributed by atoms with E-state index in [9.17, 15) is 0 Å². The van der Waals surface area contributed by atoms with E-state index in [1.807, 2.05) is 17.9 Å². The summed E-state index contributed by atoms with van der Waals surface area (Å²) in [5, 5.41) is 5.81. The normalized spacial score (nSPS) is 30.0. The van der Waals surface area contributed by atoms with Crippen molar-refractivity contribution in [3.8, 4) is 0 Å². The number of pyridine rings is 1. The summed E-state index contributed by atoms with van der Waals surface area (Å²) in [4.78, 5) is 7.44. The van der Waals surface area contributed by atoms with Crippen molar-refractivity contribution in [2.24, 2.45) is 7.05 Å². The monoisotopic (exact) mass is 284 g/mol. The number of likely N-dealkylation sites (N-methyl/N-ethyl adjacent to an activating group) is 1. The lowest BCUT2D eigenvalue weighted by molar-refractivity contribution is 0.178. The average Bonchev–Trinajstić information content (AvgIpc) is 2.99. The average molecular weight is 284 g/mol. The second kappa shape index (κ2) is 4.54. The summed E-state index contributed by atoms with van der Waals surface area (Å²) >= 11 is 0. The Hall–Kier alpha value is -1.42. The van der Waals surface area contributed by atoms with Crippen LogP contribution in [0.2, 0.25) is 0 Å². The van der Waals surface area contributed by atoms with Crippen LogP contribution in [0.5, 0.6) is 0 Å². The van der Waals surface area contributed by atoms with Gasteiger partial charge in [-0.15, -0.1) is 0 Å². The molecule has 2 aliphatic rings. The Kier molecular flexibility index (Phi) is 2.86. The first-order chi connectivity index (χ1) is 10.1. The summed E-state index contributed by atoms with van der Waals surface area (Å²) in [5.74, 6) is 0. The van der Waals surface area contributed by atoms with Crippen molar-refractivity contribution in [1.29, 1.82) is 0 Å². The van der Waals surface area contributed by atoms with Crippen LogP contribution in [-0.2, 0) is 12.5 Å². The maximum absolute atomic E-state index is 4.89. The van der Waals surface area contributed by atoms with Crippen LogP contribution in [0.15, 0.2) is 12.3 Å². The highest BCUT2D eigenvalue weighted by Crippen LogP contribution is 2.48. The maximum atomic E-state index is 4.89. The first-order valence-corrected chi connectivity index (χ1v) is 8.12. The van der Waals surface area contributed by atoms with Gasteiger partial charge in [0.1, 0.15) is 0 Å². The molecule has 21 heavy (non-hydrogen) atoms. The van der Waals surface area contributed by atoms with Crippen molar-refractivity contribution in [2.75, 3.05) is 13.6 Å². The minimum absolute atomic E-state index is 0.281. The highest BCUT2D eigenvalue weighted by molar-refractivity contribution is 5.81. The molecule has 1 saturated heterocycles. The van der Waals surface area contributed by atoms with Gasteiger partial charge in [0.05, 0.1) is 17.4 Å². The summed E-state index contributed by atoms with van der Waals surface area (Å²) in [6.45, 7) is 3.30. The molecule has 112 valence electrons. The lowest BCUT2D eigenvalue weighted by Crippen LogP contribution is -2.44. The molecule has 2 fully saturated rings. The van der Waals surface area contributed by atoms with Gasteiger partial charge in [-0.05, 0) is 45.8 Å². The van der Waals surface area contributed by atoms with Crippen molar-refractivity contribution in [2.45, 2.75) is 50.5 Å². The number of fused-ring (bicyclic) bond motifs is 2. The summed E-state index contributed by atoms with van der Waals surface area (Å²) in [6.07, 6.45) is 8.61. The zero-order valence-corrected chi connectivity index (χ0v) is 13.3. The molecule has 1 aliphatic carbocycles. The van der Waals surface area contributed by atoms with E-state index in [4.69, 9.17) is 4.98 Å². The summed E-state index contributed by atoms with van der Waals surface area (Å²) in [6, 6.07) is 3.00. The van der Waals surface area contributed by atoms with Crippen LogP contribution in [0.25, 0.3) is 10.9 Å². The Balaban J connectivity index is 1.86. The number of rotatable bonds is 1. The number of aromatic nitrogens is 3. The third kappa shape index (κ3) is 1.78. The van der Waals surface area contributed by atoms with Gasteiger partial charge in [-0.25, -0.2) is 0 Å². The minimum Gasteiger partial charge on any atom is -0.302 e. The lowest BCUT2D eigenvalue weighted by Gasteiger charge is -2.40. The molecule has 0 amide bonds. The van der Waals surface area contributed by atoms with E-state index >= 15 is 0 Å². The van der Waals surface area contributed by atoms with Gasteiger partial charge in [0.2, 0.25) is 0 Å². The second-order valence-corrected chi connectivity index (χ2v) is 6.94. The van der Waals surface area contributed by atoms with E-state index in [-0.39, 0.29) is 5.41 Å². The molecule has 0 spiro atoms. The Labute approximate surface area is 126 Å². The van der Waals surface area contributed by atoms with E-state index in [2.05, 4.69) is 30.0 Å². The van der Waals surface area contributed by atoms with Crippen LogP contribution in [-0.4, -0.2) is 39.3 Å². The standard InChI is InChI=1S/C17H24N4/c1-12-13-10-15(18-11-14(13)21(3)19-12)17-7-5-4-6-16(17)20(2)9-8-17/h10-11,16H,4-9H2,1-3H3/t16-,17-/m1/s1. The van der Waals surface area contributed by atoms with E-state index in [0.717, 1.165) is 11.2 Å². The van der Waals surface area contributed by atoms with Gasteiger partial charge in [-0.2, -0.15) is 5.10 Å². The molecule has 4 rings (SSSR count). The van der Waals surface area contributed by atoms with Crippen molar-refractivity contribution >= 4 is 10.9 Å². The first-order valence-electron chi connectivity index (χ1n) is 8.12. The lowest BCUT2D eigenvalue weighted by atomic mass is 9.68. The molecular weight excluding hydrogens is 260 g/mol. The Morgan fingerprint density at radius 1 is 1.24 bits per heavy atom. The predicted molar refractivity (Wildman–Crippen MR) is 84.4 cm³/mol. The molecule has 0 bridgehead atoms. The first kappa shape index (κ1) is 13.3. The minimum atomic E-state index is 0.281. The van der Waals surface area contributed by atoms with E-state index in [0.29, 0.717) is 6.04 Å². The van der Waals surface area contributed by atoms with E-state index < -0.39 is 0 Å². The van der Waals surface area contributed by atoms with Crippen LogP contribution in [0.1, 0.15) is 43.5 Å². The van der Waals surface area contributed by atoms with Crippen molar-refractivity contribution in [1.82, 2.24) is 19.7 Å². The number of hydrogen-bond donors (Lipinski definition) is 0. The molecule has 3 heterocycles. The number of hydrogen-bond acceptors (Lipinski definition) is 3. The second-order valence-electron chi connectivity index (χ2n) is 6.94. The third-order valence-corrected chi connectivity index (χ3v) is 5.86. The fraction of sp³-hybridized carbons (Fsp3) is 0.647. The van der Waals surface area contributed by atoms with Crippen LogP contribution >= 0.6 is 0 Å². The van der Waals surface area contributed by atoms with Gasteiger partial charge in [0.25, 0.3) is 0 Å². The van der Waals surface area contributed by atoms with Crippen LogP contribution in [0, 0.1) is 6.92 Å². The molecule has 4 heteroatoms.